The number of carbonyl (C=O) groups is 1. The molecule has 1 heterocycles. The number of rotatable bonds is 6. The quantitative estimate of drug-likeness (QED) is 0.698. The van der Waals surface area contributed by atoms with Crippen molar-refractivity contribution in [2.45, 2.75) is 42.9 Å². The molecule has 0 N–H and O–H groups in total. The molecule has 0 saturated carbocycles. The van der Waals surface area contributed by atoms with Gasteiger partial charge in [0.15, 0.2) is 0 Å². The van der Waals surface area contributed by atoms with Gasteiger partial charge in [0, 0.05) is 29.6 Å². The number of ether oxygens (including phenoxy) is 1. The molecule has 0 radical (unpaired) electrons. The minimum absolute atomic E-state index is 0.110. The molecule has 2 rings (SSSR count). The van der Waals surface area contributed by atoms with E-state index in [-0.39, 0.29) is 17.3 Å². The van der Waals surface area contributed by atoms with Gasteiger partial charge in [0.25, 0.3) is 0 Å². The summed E-state index contributed by atoms with van der Waals surface area (Å²) in [5, 5.41) is 1.03. The van der Waals surface area contributed by atoms with Gasteiger partial charge in [-0.15, -0.1) is 11.8 Å². The third-order valence-corrected chi connectivity index (χ3v) is 5.51. The largest absolute Gasteiger partial charge is 0.376 e. The van der Waals surface area contributed by atoms with Gasteiger partial charge in [-0.25, -0.2) is 0 Å². The summed E-state index contributed by atoms with van der Waals surface area (Å²) in [7, 11) is 0. The lowest BCUT2D eigenvalue weighted by atomic mass is 10.2. The summed E-state index contributed by atoms with van der Waals surface area (Å²) in [4.78, 5) is 15.3. The lowest BCUT2D eigenvalue weighted by Gasteiger charge is -2.26. The van der Waals surface area contributed by atoms with Crippen LogP contribution in [-0.4, -0.2) is 41.9 Å². The Balaban J connectivity index is 1.98. The zero-order chi connectivity index (χ0) is 16.1. The lowest BCUT2D eigenvalue weighted by Crippen LogP contribution is -2.41. The van der Waals surface area contributed by atoms with Crippen molar-refractivity contribution in [3.8, 4) is 0 Å². The maximum Gasteiger partial charge on any atom is 0.235 e. The van der Waals surface area contributed by atoms with Crippen LogP contribution < -0.4 is 0 Å². The van der Waals surface area contributed by atoms with Crippen LogP contribution in [0.1, 0.15) is 26.7 Å². The number of amides is 1. The summed E-state index contributed by atoms with van der Waals surface area (Å²) < 4.78 is 5.63. The van der Waals surface area contributed by atoms with Gasteiger partial charge in [-0.2, -0.15) is 0 Å². The maximum atomic E-state index is 12.6. The Labute approximate surface area is 146 Å². The zero-order valence-corrected chi connectivity index (χ0v) is 15.2. The minimum Gasteiger partial charge on any atom is -0.376 e. The number of nitrogens with zero attached hydrogens (tertiary/aromatic N) is 1. The Kier molecular flexibility index (Phi) is 6.87. The topological polar surface area (TPSA) is 29.5 Å². The molecule has 1 aromatic rings. The van der Waals surface area contributed by atoms with Crippen LogP contribution in [0.25, 0.3) is 0 Å². The van der Waals surface area contributed by atoms with Gasteiger partial charge >= 0.3 is 0 Å². The van der Waals surface area contributed by atoms with E-state index >= 15 is 0 Å². The SMILES string of the molecule is CCN(CC1CCCO1)C(=O)C(C)Sc1cc(Cl)ccc1Cl. The van der Waals surface area contributed by atoms with Gasteiger partial charge in [0.1, 0.15) is 0 Å². The number of halogens is 2. The third-order valence-electron chi connectivity index (χ3n) is 3.69. The van der Waals surface area contributed by atoms with E-state index in [1.54, 1.807) is 18.2 Å². The first-order valence-electron chi connectivity index (χ1n) is 7.53. The van der Waals surface area contributed by atoms with Gasteiger partial charge in [-0.1, -0.05) is 23.2 Å². The van der Waals surface area contributed by atoms with Crippen LogP contribution in [0.4, 0.5) is 0 Å². The van der Waals surface area contributed by atoms with Gasteiger partial charge < -0.3 is 9.64 Å². The van der Waals surface area contributed by atoms with Crippen LogP contribution in [0.2, 0.25) is 10.0 Å². The summed E-state index contributed by atoms with van der Waals surface area (Å²) >= 11 is 13.6. The summed E-state index contributed by atoms with van der Waals surface area (Å²) in [6.07, 6.45) is 2.29. The van der Waals surface area contributed by atoms with Crippen LogP contribution in [0.3, 0.4) is 0 Å². The standard InChI is InChI=1S/C16H21Cl2NO2S/c1-3-19(10-13-5-4-8-21-13)16(20)11(2)22-15-9-12(17)6-7-14(15)18/h6-7,9,11,13H,3-5,8,10H2,1-2H3. The molecule has 3 nitrogen and oxygen atoms in total. The van der Waals surface area contributed by atoms with Gasteiger partial charge in [-0.3, -0.25) is 4.79 Å². The van der Waals surface area contributed by atoms with E-state index in [1.165, 1.54) is 11.8 Å². The zero-order valence-electron chi connectivity index (χ0n) is 12.9. The molecule has 0 bridgehead atoms. The van der Waals surface area contributed by atoms with E-state index in [2.05, 4.69) is 0 Å². The van der Waals surface area contributed by atoms with Crippen LogP contribution >= 0.6 is 35.0 Å². The Morgan fingerprint density at radius 3 is 2.91 bits per heavy atom. The molecule has 6 heteroatoms. The molecule has 22 heavy (non-hydrogen) atoms. The summed E-state index contributed by atoms with van der Waals surface area (Å²) in [6.45, 7) is 6.06. The highest BCUT2D eigenvalue weighted by Gasteiger charge is 2.25. The summed E-state index contributed by atoms with van der Waals surface area (Å²) in [6, 6.07) is 5.30. The van der Waals surface area contributed by atoms with Crippen molar-refractivity contribution >= 4 is 40.9 Å². The molecule has 1 aliphatic rings. The van der Waals surface area contributed by atoms with Crippen molar-refractivity contribution in [2.24, 2.45) is 0 Å². The second-order valence-electron chi connectivity index (χ2n) is 5.35. The predicted octanol–water partition coefficient (Wildman–Crippen LogP) is 4.50. The van der Waals surface area contributed by atoms with E-state index in [0.29, 0.717) is 23.1 Å². The molecule has 2 unspecified atom stereocenters. The maximum absolute atomic E-state index is 12.6. The van der Waals surface area contributed by atoms with Crippen molar-refractivity contribution in [1.29, 1.82) is 0 Å². The summed E-state index contributed by atoms with van der Waals surface area (Å²) in [5.74, 6) is 0.110. The second kappa shape index (κ2) is 8.44. The van der Waals surface area contributed by atoms with Gasteiger partial charge in [0.2, 0.25) is 5.91 Å². The number of carbonyl (C=O) groups excluding carboxylic acids is 1. The normalized spacial score (nSPS) is 19.2. The van der Waals surface area contributed by atoms with Crippen molar-refractivity contribution < 1.29 is 9.53 Å². The molecule has 1 fully saturated rings. The van der Waals surface area contributed by atoms with E-state index in [4.69, 9.17) is 27.9 Å². The first kappa shape index (κ1) is 17.9. The fourth-order valence-electron chi connectivity index (χ4n) is 2.47. The molecule has 1 amide bonds. The molecular weight excluding hydrogens is 341 g/mol. The third kappa shape index (κ3) is 4.79. The summed E-state index contributed by atoms with van der Waals surface area (Å²) in [5.41, 5.74) is 0. The molecule has 0 aliphatic carbocycles. The number of hydrogen-bond acceptors (Lipinski definition) is 3. The molecule has 1 aliphatic heterocycles. The van der Waals surface area contributed by atoms with Crippen LogP contribution in [0.5, 0.6) is 0 Å². The van der Waals surface area contributed by atoms with E-state index < -0.39 is 0 Å². The Morgan fingerprint density at radius 1 is 1.50 bits per heavy atom. The lowest BCUT2D eigenvalue weighted by molar-refractivity contribution is -0.131. The molecule has 1 aromatic carbocycles. The fourth-order valence-corrected chi connectivity index (χ4v) is 3.97. The van der Waals surface area contributed by atoms with Crippen molar-refractivity contribution in [1.82, 2.24) is 4.90 Å². The number of likely N-dealkylation sites (N-methyl/N-ethyl adjacent to an activating group) is 1. The van der Waals surface area contributed by atoms with Crippen LogP contribution in [-0.2, 0) is 9.53 Å². The number of benzene rings is 1. The Bertz CT molecular complexity index is 521. The molecule has 0 aromatic heterocycles. The fraction of sp³-hybridized carbons (Fsp3) is 0.562. The second-order valence-corrected chi connectivity index (χ2v) is 7.57. The molecule has 0 spiro atoms. The number of hydrogen-bond donors (Lipinski definition) is 0. The highest BCUT2D eigenvalue weighted by molar-refractivity contribution is 8.00. The van der Waals surface area contributed by atoms with Gasteiger partial charge in [-0.05, 0) is 44.9 Å². The van der Waals surface area contributed by atoms with Crippen LogP contribution in [0, 0.1) is 0 Å². The Hall–Kier alpha value is -0.420. The molecule has 1 saturated heterocycles. The smallest absolute Gasteiger partial charge is 0.235 e. The van der Waals surface area contributed by atoms with Crippen molar-refractivity contribution in [3.63, 3.8) is 0 Å². The Morgan fingerprint density at radius 2 is 2.27 bits per heavy atom. The van der Waals surface area contributed by atoms with E-state index in [0.717, 1.165) is 24.3 Å². The molecular formula is C16H21Cl2NO2S. The molecule has 2 atom stereocenters. The predicted molar refractivity (Wildman–Crippen MR) is 93.0 cm³/mol. The van der Waals surface area contributed by atoms with Crippen molar-refractivity contribution in [3.05, 3.63) is 28.2 Å². The van der Waals surface area contributed by atoms with Gasteiger partial charge in [0.05, 0.1) is 16.4 Å². The highest BCUT2D eigenvalue weighted by Crippen LogP contribution is 2.33. The average Bonchev–Trinajstić information content (AvgIpc) is 3.00. The number of thioether (sulfide) groups is 1. The molecule has 122 valence electrons. The highest BCUT2D eigenvalue weighted by atomic mass is 35.5. The van der Waals surface area contributed by atoms with E-state index in [1.807, 2.05) is 18.7 Å². The van der Waals surface area contributed by atoms with Crippen molar-refractivity contribution in [2.75, 3.05) is 19.7 Å². The first-order valence-corrected chi connectivity index (χ1v) is 9.17. The van der Waals surface area contributed by atoms with Crippen LogP contribution in [0.15, 0.2) is 23.1 Å². The average molecular weight is 362 g/mol. The minimum atomic E-state index is -0.211. The van der Waals surface area contributed by atoms with E-state index in [9.17, 15) is 4.79 Å². The monoisotopic (exact) mass is 361 g/mol. The first-order chi connectivity index (χ1) is 10.5.